The molecule has 0 atom stereocenters. The van der Waals surface area contributed by atoms with Gasteiger partial charge in [0.15, 0.2) is 0 Å². The van der Waals surface area contributed by atoms with Crippen molar-refractivity contribution in [1.29, 1.82) is 0 Å². The van der Waals surface area contributed by atoms with E-state index < -0.39 is 0 Å². The fourth-order valence-electron chi connectivity index (χ4n) is 2.90. The number of fused-ring (bicyclic) bond motifs is 1. The summed E-state index contributed by atoms with van der Waals surface area (Å²) in [5, 5.41) is 3.97. The Morgan fingerprint density at radius 3 is 3.04 bits per heavy atom. The summed E-state index contributed by atoms with van der Waals surface area (Å²) in [4.78, 5) is 24.2. The molecule has 0 fully saturated rings. The fourth-order valence-corrected chi connectivity index (χ4v) is 3.90. The number of nitrogens with zero attached hydrogens (tertiary/aromatic N) is 4. The average molecular weight is 366 g/mol. The van der Waals surface area contributed by atoms with Crippen LogP contribution in [-0.2, 0) is 11.2 Å². The molecule has 0 bridgehead atoms. The van der Waals surface area contributed by atoms with Gasteiger partial charge in [0, 0.05) is 42.2 Å². The first-order chi connectivity index (χ1) is 12.8. The maximum Gasteiger partial charge on any atom is 0.227 e. The zero-order valence-electron chi connectivity index (χ0n) is 14.2. The first kappa shape index (κ1) is 16.8. The van der Waals surface area contributed by atoms with Crippen LogP contribution in [0, 0.1) is 0 Å². The predicted octanol–water partition coefficient (Wildman–Crippen LogP) is 3.59. The van der Waals surface area contributed by atoms with Crippen molar-refractivity contribution in [3.63, 3.8) is 0 Å². The predicted molar refractivity (Wildman–Crippen MR) is 100.0 cm³/mol. The number of carbonyl (C=O) groups is 1. The van der Waals surface area contributed by atoms with Crippen molar-refractivity contribution in [2.24, 2.45) is 0 Å². The van der Waals surface area contributed by atoms with Crippen LogP contribution in [0.25, 0.3) is 11.4 Å². The van der Waals surface area contributed by atoms with E-state index in [1.54, 1.807) is 24.2 Å². The van der Waals surface area contributed by atoms with Gasteiger partial charge in [-0.3, -0.25) is 9.78 Å². The average Bonchev–Trinajstić information content (AvgIpc) is 3.06. The van der Waals surface area contributed by atoms with Crippen molar-refractivity contribution in [3.8, 4) is 11.4 Å². The lowest BCUT2D eigenvalue weighted by atomic mass is 10.2. The van der Waals surface area contributed by atoms with Crippen molar-refractivity contribution in [2.45, 2.75) is 24.2 Å². The number of aryl methyl sites for hydroxylation is 1. The van der Waals surface area contributed by atoms with Gasteiger partial charge in [0.2, 0.25) is 17.6 Å². The molecule has 2 aromatic heterocycles. The second kappa shape index (κ2) is 7.70. The summed E-state index contributed by atoms with van der Waals surface area (Å²) >= 11 is 1.81. The summed E-state index contributed by atoms with van der Waals surface area (Å²) < 4.78 is 5.29. The smallest absolute Gasteiger partial charge is 0.227 e. The van der Waals surface area contributed by atoms with Crippen LogP contribution < -0.4 is 4.90 Å². The Morgan fingerprint density at radius 2 is 2.15 bits per heavy atom. The van der Waals surface area contributed by atoms with Crippen LogP contribution in [0.15, 0.2) is 58.2 Å². The van der Waals surface area contributed by atoms with Gasteiger partial charge >= 0.3 is 0 Å². The molecule has 3 aromatic rings. The Bertz CT molecular complexity index is 897. The highest BCUT2D eigenvalue weighted by Gasteiger charge is 2.21. The number of anilines is 1. The van der Waals surface area contributed by atoms with Gasteiger partial charge in [-0.25, -0.2) is 0 Å². The number of amides is 1. The molecule has 0 unspecified atom stereocenters. The van der Waals surface area contributed by atoms with Crippen molar-refractivity contribution >= 4 is 23.4 Å². The molecule has 26 heavy (non-hydrogen) atoms. The summed E-state index contributed by atoms with van der Waals surface area (Å²) in [7, 11) is 0. The highest BCUT2D eigenvalue weighted by Crippen LogP contribution is 2.33. The highest BCUT2D eigenvalue weighted by molar-refractivity contribution is 7.99. The van der Waals surface area contributed by atoms with E-state index in [9.17, 15) is 4.79 Å². The molecule has 0 saturated heterocycles. The molecule has 132 valence electrons. The van der Waals surface area contributed by atoms with Gasteiger partial charge in [0.05, 0.1) is 5.69 Å². The Hall–Kier alpha value is -2.67. The van der Waals surface area contributed by atoms with E-state index in [0.717, 1.165) is 34.9 Å². The Morgan fingerprint density at radius 1 is 1.23 bits per heavy atom. The van der Waals surface area contributed by atoms with E-state index in [2.05, 4.69) is 21.2 Å². The van der Waals surface area contributed by atoms with Gasteiger partial charge in [-0.1, -0.05) is 17.3 Å². The van der Waals surface area contributed by atoms with Crippen LogP contribution in [0.1, 0.15) is 18.7 Å². The highest BCUT2D eigenvalue weighted by atomic mass is 32.2. The third kappa shape index (κ3) is 3.62. The van der Waals surface area contributed by atoms with Crippen molar-refractivity contribution in [1.82, 2.24) is 15.1 Å². The molecule has 0 radical (unpaired) electrons. The quantitative estimate of drug-likeness (QED) is 0.703. The monoisotopic (exact) mass is 366 g/mol. The number of para-hydroxylation sites is 1. The fraction of sp³-hybridized carbons (Fsp3) is 0.263. The van der Waals surface area contributed by atoms with Gasteiger partial charge in [-0.15, -0.1) is 11.8 Å². The topological polar surface area (TPSA) is 72.1 Å². The maximum absolute atomic E-state index is 12.8. The van der Waals surface area contributed by atoms with Crippen LogP contribution in [0.5, 0.6) is 0 Å². The lowest BCUT2D eigenvalue weighted by Gasteiger charge is -2.22. The normalized spacial score (nSPS) is 13.9. The zero-order valence-corrected chi connectivity index (χ0v) is 15.0. The third-order valence-electron chi connectivity index (χ3n) is 4.18. The molecule has 0 N–H and O–H groups in total. The minimum atomic E-state index is 0.0843. The lowest BCUT2D eigenvalue weighted by Crippen LogP contribution is -2.32. The van der Waals surface area contributed by atoms with Gasteiger partial charge < -0.3 is 9.42 Å². The molecule has 6 nitrogen and oxygen atoms in total. The third-order valence-corrected chi connectivity index (χ3v) is 5.33. The summed E-state index contributed by atoms with van der Waals surface area (Å²) in [6, 6.07) is 11.8. The molecule has 1 aliphatic heterocycles. The number of pyridine rings is 1. The largest absolute Gasteiger partial charge is 0.339 e. The number of carbonyl (C=O) groups excluding carboxylic acids is 1. The number of hydrogen-bond donors (Lipinski definition) is 0. The van der Waals surface area contributed by atoms with Gasteiger partial charge in [-0.05, 0) is 36.4 Å². The van der Waals surface area contributed by atoms with Crippen molar-refractivity contribution in [3.05, 3.63) is 54.7 Å². The molecule has 0 aliphatic carbocycles. The summed E-state index contributed by atoms with van der Waals surface area (Å²) in [5.74, 6) is 2.08. The van der Waals surface area contributed by atoms with E-state index in [4.69, 9.17) is 4.52 Å². The standard InChI is InChI=1S/C19H18N4O2S/c24-18(23-11-4-12-26-16-7-2-1-6-15(16)23)9-8-17-21-19(22-25-17)14-5-3-10-20-13-14/h1-3,5-7,10,13H,4,8-9,11-12H2. The van der Waals surface area contributed by atoms with E-state index in [0.29, 0.717) is 24.6 Å². The first-order valence-corrected chi connectivity index (χ1v) is 9.55. The van der Waals surface area contributed by atoms with Crippen LogP contribution in [0.2, 0.25) is 0 Å². The minimum absolute atomic E-state index is 0.0843. The van der Waals surface area contributed by atoms with Gasteiger partial charge in [0.25, 0.3) is 0 Å². The number of aromatic nitrogens is 3. The SMILES string of the molecule is O=C(CCc1nc(-c2cccnc2)no1)N1CCCSc2ccccc21. The second-order valence-electron chi connectivity index (χ2n) is 5.97. The number of thioether (sulfide) groups is 1. The zero-order chi connectivity index (χ0) is 17.8. The Kier molecular flexibility index (Phi) is 4.97. The molecule has 1 aromatic carbocycles. The van der Waals surface area contributed by atoms with Gasteiger partial charge in [0.1, 0.15) is 0 Å². The van der Waals surface area contributed by atoms with E-state index >= 15 is 0 Å². The molecule has 7 heteroatoms. The summed E-state index contributed by atoms with van der Waals surface area (Å²) in [5.41, 5.74) is 1.80. The van der Waals surface area contributed by atoms with Crippen LogP contribution in [-0.4, -0.2) is 33.3 Å². The summed E-state index contributed by atoms with van der Waals surface area (Å²) in [6.07, 6.45) is 5.13. The molecular formula is C19H18N4O2S. The molecule has 1 aliphatic rings. The maximum atomic E-state index is 12.8. The lowest BCUT2D eigenvalue weighted by molar-refractivity contribution is -0.118. The number of benzene rings is 1. The number of rotatable bonds is 4. The number of hydrogen-bond acceptors (Lipinski definition) is 6. The van der Waals surface area contributed by atoms with Crippen LogP contribution in [0.3, 0.4) is 0 Å². The van der Waals surface area contributed by atoms with E-state index in [-0.39, 0.29) is 5.91 Å². The van der Waals surface area contributed by atoms with Crippen molar-refractivity contribution < 1.29 is 9.32 Å². The minimum Gasteiger partial charge on any atom is -0.339 e. The van der Waals surface area contributed by atoms with Crippen LogP contribution >= 0.6 is 11.8 Å². The van der Waals surface area contributed by atoms with E-state index in [1.807, 2.05) is 35.2 Å². The first-order valence-electron chi connectivity index (χ1n) is 8.56. The van der Waals surface area contributed by atoms with Crippen LogP contribution in [0.4, 0.5) is 5.69 Å². The molecule has 4 rings (SSSR count). The van der Waals surface area contributed by atoms with E-state index in [1.165, 1.54) is 0 Å². The Balaban J connectivity index is 1.44. The van der Waals surface area contributed by atoms with Crippen molar-refractivity contribution in [2.75, 3.05) is 17.2 Å². The molecular weight excluding hydrogens is 348 g/mol. The summed E-state index contributed by atoms with van der Waals surface area (Å²) in [6.45, 7) is 0.744. The second-order valence-corrected chi connectivity index (χ2v) is 7.11. The molecule has 0 spiro atoms. The molecule has 0 saturated carbocycles. The molecule has 1 amide bonds. The van der Waals surface area contributed by atoms with Gasteiger partial charge in [-0.2, -0.15) is 4.98 Å². The molecule has 3 heterocycles. The Labute approximate surface area is 155 Å².